The Kier molecular flexibility index (Phi) is 6.66. The molecule has 4 rings (SSSR count). The summed E-state index contributed by atoms with van der Waals surface area (Å²) in [5.41, 5.74) is 1.54. The summed E-state index contributed by atoms with van der Waals surface area (Å²) in [6, 6.07) is 9.24. The second-order valence-electron chi connectivity index (χ2n) is 7.81. The number of sulfonamides is 1. The van der Waals surface area contributed by atoms with Crippen LogP contribution in [0.25, 0.3) is 0 Å². The van der Waals surface area contributed by atoms with Crippen LogP contribution in [0.5, 0.6) is 0 Å². The predicted octanol–water partition coefficient (Wildman–Crippen LogP) is 2.59. The van der Waals surface area contributed by atoms with Gasteiger partial charge in [0, 0.05) is 31.6 Å². The van der Waals surface area contributed by atoms with Crippen molar-refractivity contribution in [2.24, 2.45) is 0 Å². The molecule has 0 spiro atoms. The van der Waals surface area contributed by atoms with Crippen molar-refractivity contribution in [2.45, 2.75) is 36.1 Å². The molecule has 2 aromatic rings. The van der Waals surface area contributed by atoms with Gasteiger partial charge < -0.3 is 14.4 Å². The number of hydrogen-bond acceptors (Lipinski definition) is 7. The van der Waals surface area contributed by atoms with E-state index in [1.807, 2.05) is 30.3 Å². The van der Waals surface area contributed by atoms with Crippen molar-refractivity contribution < 1.29 is 27.5 Å². The number of rotatable bonds is 6. The Labute approximate surface area is 191 Å². The average Bonchev–Trinajstić information content (AvgIpc) is 3.48. The summed E-state index contributed by atoms with van der Waals surface area (Å²) in [5, 5.41) is 0. The summed E-state index contributed by atoms with van der Waals surface area (Å²) in [4.78, 5) is 28.2. The van der Waals surface area contributed by atoms with Gasteiger partial charge in [-0.1, -0.05) is 30.3 Å². The van der Waals surface area contributed by atoms with Crippen LogP contribution >= 0.6 is 11.3 Å². The van der Waals surface area contributed by atoms with E-state index >= 15 is 0 Å². The summed E-state index contributed by atoms with van der Waals surface area (Å²) in [7, 11) is -1.05. The molecule has 1 fully saturated rings. The fraction of sp³-hybridized carbons (Fsp3) is 0.455. The van der Waals surface area contributed by atoms with Gasteiger partial charge in [-0.05, 0) is 30.4 Å². The highest BCUT2D eigenvalue weighted by molar-refractivity contribution is 7.91. The first-order valence-electron chi connectivity index (χ1n) is 10.5. The normalized spacial score (nSPS) is 17.8. The highest BCUT2D eigenvalue weighted by Gasteiger charge is 2.39. The number of carbonyl (C=O) groups is 2. The topological polar surface area (TPSA) is 93.2 Å². The van der Waals surface area contributed by atoms with Crippen LogP contribution in [-0.2, 0) is 37.3 Å². The summed E-state index contributed by atoms with van der Waals surface area (Å²) >= 11 is 1.07. The van der Waals surface area contributed by atoms with E-state index in [-0.39, 0.29) is 22.2 Å². The lowest BCUT2D eigenvalue weighted by Gasteiger charge is -2.30. The van der Waals surface area contributed by atoms with Gasteiger partial charge in [0.2, 0.25) is 0 Å². The molecule has 0 saturated carbocycles. The van der Waals surface area contributed by atoms with Crippen molar-refractivity contribution >= 4 is 33.2 Å². The quantitative estimate of drug-likeness (QED) is 0.593. The Bertz CT molecular complexity index is 1110. The van der Waals surface area contributed by atoms with E-state index in [9.17, 15) is 18.0 Å². The Morgan fingerprint density at radius 1 is 1.06 bits per heavy atom. The van der Waals surface area contributed by atoms with Gasteiger partial charge in [-0.2, -0.15) is 4.31 Å². The minimum absolute atomic E-state index is 0.0249. The van der Waals surface area contributed by atoms with Crippen LogP contribution in [0.2, 0.25) is 0 Å². The van der Waals surface area contributed by atoms with Gasteiger partial charge in [-0.15, -0.1) is 11.3 Å². The maximum absolute atomic E-state index is 13.3. The highest BCUT2D eigenvalue weighted by Crippen LogP contribution is 2.39. The summed E-state index contributed by atoms with van der Waals surface area (Å²) in [6.07, 6.45) is 1.24. The van der Waals surface area contributed by atoms with Crippen molar-refractivity contribution in [3.05, 3.63) is 51.9 Å². The number of esters is 1. The van der Waals surface area contributed by atoms with Crippen molar-refractivity contribution in [1.82, 2.24) is 9.21 Å². The molecular formula is C22H26N2O6S2. The average molecular weight is 479 g/mol. The third-order valence-corrected chi connectivity index (χ3v) is 9.54. The first-order valence-corrected chi connectivity index (χ1v) is 12.7. The fourth-order valence-electron chi connectivity index (χ4n) is 4.28. The van der Waals surface area contributed by atoms with Crippen LogP contribution in [-0.4, -0.2) is 63.4 Å². The predicted molar refractivity (Wildman–Crippen MR) is 119 cm³/mol. The minimum atomic E-state index is -3.80. The highest BCUT2D eigenvalue weighted by atomic mass is 32.2. The van der Waals surface area contributed by atoms with E-state index in [1.54, 1.807) is 4.90 Å². The van der Waals surface area contributed by atoms with Crippen LogP contribution in [0.4, 0.5) is 0 Å². The zero-order valence-electron chi connectivity index (χ0n) is 18.1. The lowest BCUT2D eigenvalue weighted by molar-refractivity contribution is -0.143. The van der Waals surface area contributed by atoms with Gasteiger partial charge in [0.1, 0.15) is 4.21 Å². The van der Waals surface area contributed by atoms with Crippen molar-refractivity contribution in [1.29, 1.82) is 0 Å². The largest absolute Gasteiger partial charge is 0.465 e. The standard InChI is InChI=1S/C22H26N2O6S2/c1-29-19(15-8-4-3-5-9-15)20(25)23-13-10-16-17(14-23)31-22(18(16)21(26)30-2)32(27,28)24-11-6-7-12-24/h3-5,8-9,19H,6-7,10-14H2,1-2H3. The summed E-state index contributed by atoms with van der Waals surface area (Å²) < 4.78 is 38.4. The third kappa shape index (κ3) is 4.07. The molecule has 0 aliphatic carbocycles. The Balaban J connectivity index is 1.67. The van der Waals surface area contributed by atoms with Crippen LogP contribution in [0, 0.1) is 0 Å². The van der Waals surface area contributed by atoms with Crippen LogP contribution in [0.15, 0.2) is 34.5 Å². The van der Waals surface area contributed by atoms with Crippen LogP contribution in [0.3, 0.4) is 0 Å². The van der Waals surface area contributed by atoms with E-state index in [2.05, 4.69) is 0 Å². The molecular weight excluding hydrogens is 452 g/mol. The van der Waals surface area contributed by atoms with Gasteiger partial charge in [0.15, 0.2) is 6.10 Å². The number of carbonyl (C=O) groups excluding carboxylic acids is 2. The van der Waals surface area contributed by atoms with Crippen LogP contribution in [0.1, 0.15) is 45.3 Å². The number of hydrogen-bond donors (Lipinski definition) is 0. The molecule has 0 N–H and O–H groups in total. The maximum Gasteiger partial charge on any atom is 0.340 e. The van der Waals surface area contributed by atoms with Crippen LogP contribution < -0.4 is 0 Å². The van der Waals surface area contributed by atoms with Crippen molar-refractivity contribution in [3.8, 4) is 0 Å². The molecule has 172 valence electrons. The molecule has 0 bridgehead atoms. The number of thiophene rings is 1. The number of ether oxygens (including phenoxy) is 2. The molecule has 1 amide bonds. The van der Waals surface area contributed by atoms with Gasteiger partial charge in [-0.3, -0.25) is 4.79 Å². The molecule has 1 unspecified atom stereocenters. The van der Waals surface area contributed by atoms with Crippen molar-refractivity contribution in [3.63, 3.8) is 0 Å². The monoisotopic (exact) mass is 478 g/mol. The van der Waals surface area contributed by atoms with Crippen molar-refractivity contribution in [2.75, 3.05) is 33.9 Å². The molecule has 10 heteroatoms. The number of benzene rings is 1. The summed E-state index contributed by atoms with van der Waals surface area (Å²) in [6.45, 7) is 1.49. The second kappa shape index (κ2) is 9.30. The van der Waals surface area contributed by atoms with Gasteiger partial charge in [0.25, 0.3) is 15.9 Å². The number of fused-ring (bicyclic) bond motifs is 1. The number of nitrogens with zero attached hydrogens (tertiary/aromatic N) is 2. The zero-order valence-corrected chi connectivity index (χ0v) is 19.7. The summed E-state index contributed by atoms with van der Waals surface area (Å²) in [5.74, 6) is -0.847. The molecule has 2 aliphatic heterocycles. The first kappa shape index (κ1) is 22.9. The molecule has 1 aromatic carbocycles. The number of amides is 1. The Hall–Kier alpha value is -2.27. The molecule has 1 atom stereocenters. The zero-order chi connectivity index (χ0) is 22.9. The molecule has 1 saturated heterocycles. The van der Waals surface area contributed by atoms with E-state index in [0.717, 1.165) is 29.7 Å². The van der Waals surface area contributed by atoms with E-state index in [0.29, 0.717) is 36.5 Å². The second-order valence-corrected chi connectivity index (χ2v) is 11.0. The lowest BCUT2D eigenvalue weighted by atomic mass is 10.0. The van der Waals surface area contributed by atoms with E-state index in [1.165, 1.54) is 18.5 Å². The molecule has 3 heterocycles. The fourth-order valence-corrected chi connectivity index (χ4v) is 7.83. The minimum Gasteiger partial charge on any atom is -0.465 e. The Morgan fingerprint density at radius 3 is 2.38 bits per heavy atom. The first-order chi connectivity index (χ1) is 15.4. The maximum atomic E-state index is 13.3. The SMILES string of the molecule is COC(=O)c1c(S(=O)(=O)N2CCCC2)sc2c1CCN(C(=O)C(OC)c1ccccc1)C2. The van der Waals surface area contributed by atoms with E-state index in [4.69, 9.17) is 9.47 Å². The van der Waals surface area contributed by atoms with E-state index < -0.39 is 22.1 Å². The van der Waals surface area contributed by atoms with Gasteiger partial charge >= 0.3 is 5.97 Å². The molecule has 0 radical (unpaired) electrons. The smallest absolute Gasteiger partial charge is 0.340 e. The molecule has 8 nitrogen and oxygen atoms in total. The van der Waals surface area contributed by atoms with Gasteiger partial charge in [0.05, 0.1) is 19.2 Å². The molecule has 32 heavy (non-hydrogen) atoms. The van der Waals surface area contributed by atoms with Gasteiger partial charge in [-0.25, -0.2) is 13.2 Å². The molecule has 2 aliphatic rings. The molecule has 1 aromatic heterocycles. The Morgan fingerprint density at radius 2 is 1.75 bits per heavy atom. The lowest BCUT2D eigenvalue weighted by Crippen LogP contribution is -2.39. The third-order valence-electron chi connectivity index (χ3n) is 5.93. The number of methoxy groups -OCH3 is 2.